The topological polar surface area (TPSA) is 35.0 Å². The number of methoxy groups -OCH3 is 1. The number of benzene rings is 1. The zero-order valence-corrected chi connectivity index (χ0v) is 12.3. The third kappa shape index (κ3) is 2.97. The minimum atomic E-state index is 0.570. The first kappa shape index (κ1) is 12.8. The molecule has 0 radical (unpaired) electrons. The maximum absolute atomic E-state index is 5.67. The molecular weight excluding hydrogens is 324 g/mol. The van der Waals surface area contributed by atoms with Crippen molar-refractivity contribution in [3.05, 3.63) is 27.7 Å². The largest absolute Gasteiger partial charge is 0.496 e. The number of halogens is 2. The van der Waals surface area contributed by atoms with Crippen LogP contribution in [0.15, 0.2) is 22.7 Å². The Morgan fingerprint density at radius 2 is 2.24 bits per heavy atom. The first-order chi connectivity index (χ1) is 8.24. The smallest absolute Gasteiger partial charge is 0.147 e. The second-order valence-electron chi connectivity index (χ2n) is 3.29. The Labute approximate surface area is 117 Å². The van der Waals surface area contributed by atoms with Crippen LogP contribution < -0.4 is 4.74 Å². The SMILES string of the molecule is COc1ccc(-c2nnc(CCCl)s2)cc1Br. The second kappa shape index (κ2) is 5.80. The molecule has 0 fully saturated rings. The number of aromatic nitrogens is 2. The van der Waals surface area contributed by atoms with Crippen LogP contribution in [-0.2, 0) is 6.42 Å². The van der Waals surface area contributed by atoms with Crippen molar-refractivity contribution in [3.63, 3.8) is 0 Å². The van der Waals surface area contributed by atoms with Crippen LogP contribution in [0.5, 0.6) is 5.75 Å². The highest BCUT2D eigenvalue weighted by molar-refractivity contribution is 9.10. The van der Waals surface area contributed by atoms with Gasteiger partial charge >= 0.3 is 0 Å². The molecule has 0 spiro atoms. The number of hydrogen-bond donors (Lipinski definition) is 0. The number of nitrogens with zero attached hydrogens (tertiary/aromatic N) is 2. The lowest BCUT2D eigenvalue weighted by molar-refractivity contribution is 0.412. The van der Waals surface area contributed by atoms with E-state index in [1.54, 1.807) is 18.4 Å². The molecular formula is C11H10BrClN2OS. The van der Waals surface area contributed by atoms with Gasteiger partial charge in [0.05, 0.1) is 11.6 Å². The Morgan fingerprint density at radius 1 is 1.41 bits per heavy atom. The lowest BCUT2D eigenvalue weighted by Gasteiger charge is -2.03. The maximum atomic E-state index is 5.67. The predicted octanol–water partition coefficient (Wildman–Crippen LogP) is 3.76. The van der Waals surface area contributed by atoms with Crippen molar-refractivity contribution < 1.29 is 4.74 Å². The van der Waals surface area contributed by atoms with E-state index in [0.717, 1.165) is 32.2 Å². The van der Waals surface area contributed by atoms with E-state index in [9.17, 15) is 0 Å². The van der Waals surface area contributed by atoms with E-state index in [2.05, 4.69) is 26.1 Å². The summed E-state index contributed by atoms with van der Waals surface area (Å²) < 4.78 is 6.09. The fraction of sp³-hybridized carbons (Fsp3) is 0.273. The zero-order valence-electron chi connectivity index (χ0n) is 9.11. The van der Waals surface area contributed by atoms with Gasteiger partial charge in [-0.15, -0.1) is 21.8 Å². The second-order valence-corrected chi connectivity index (χ2v) is 5.58. The highest BCUT2D eigenvalue weighted by atomic mass is 79.9. The van der Waals surface area contributed by atoms with Crippen LogP contribution in [0.4, 0.5) is 0 Å². The van der Waals surface area contributed by atoms with Crippen LogP contribution in [0.1, 0.15) is 5.01 Å². The molecule has 17 heavy (non-hydrogen) atoms. The first-order valence-corrected chi connectivity index (χ1v) is 7.11. The summed E-state index contributed by atoms with van der Waals surface area (Å²) in [6, 6.07) is 5.85. The average molecular weight is 334 g/mol. The van der Waals surface area contributed by atoms with Gasteiger partial charge < -0.3 is 4.74 Å². The van der Waals surface area contributed by atoms with Gasteiger partial charge in [-0.3, -0.25) is 0 Å². The Hall–Kier alpha value is -0.650. The number of ether oxygens (including phenoxy) is 1. The third-order valence-corrected chi connectivity index (χ3v) is 4.01. The molecule has 0 saturated heterocycles. The molecule has 1 aromatic carbocycles. The Kier molecular flexibility index (Phi) is 4.36. The van der Waals surface area contributed by atoms with Crippen molar-refractivity contribution >= 4 is 38.9 Å². The van der Waals surface area contributed by atoms with Crippen LogP contribution in [-0.4, -0.2) is 23.2 Å². The summed E-state index contributed by atoms with van der Waals surface area (Å²) in [5.41, 5.74) is 1.02. The molecule has 2 aromatic rings. The summed E-state index contributed by atoms with van der Waals surface area (Å²) in [5.74, 6) is 1.38. The molecule has 1 aromatic heterocycles. The number of hydrogen-bond acceptors (Lipinski definition) is 4. The fourth-order valence-corrected chi connectivity index (χ4v) is 3.02. The van der Waals surface area contributed by atoms with E-state index >= 15 is 0 Å². The Balaban J connectivity index is 2.29. The van der Waals surface area contributed by atoms with Crippen molar-refractivity contribution in [2.75, 3.05) is 13.0 Å². The first-order valence-electron chi connectivity index (χ1n) is 4.97. The summed E-state index contributed by atoms with van der Waals surface area (Å²) >= 11 is 10.7. The van der Waals surface area contributed by atoms with Gasteiger partial charge in [0.2, 0.25) is 0 Å². The summed E-state index contributed by atoms with van der Waals surface area (Å²) in [6.45, 7) is 0. The van der Waals surface area contributed by atoms with Crippen LogP contribution in [0.25, 0.3) is 10.6 Å². The zero-order chi connectivity index (χ0) is 12.3. The molecule has 0 aliphatic heterocycles. The molecule has 2 rings (SSSR count). The molecule has 0 bridgehead atoms. The number of rotatable bonds is 4. The molecule has 0 N–H and O–H groups in total. The van der Waals surface area contributed by atoms with Gasteiger partial charge in [0, 0.05) is 17.9 Å². The summed E-state index contributed by atoms with van der Waals surface area (Å²) in [4.78, 5) is 0. The molecule has 0 saturated carbocycles. The molecule has 0 unspecified atom stereocenters. The van der Waals surface area contributed by atoms with Gasteiger partial charge in [-0.25, -0.2) is 0 Å². The highest BCUT2D eigenvalue weighted by Crippen LogP contribution is 2.31. The van der Waals surface area contributed by atoms with Crippen LogP contribution in [0.3, 0.4) is 0 Å². The lowest BCUT2D eigenvalue weighted by atomic mass is 10.2. The Morgan fingerprint density at radius 3 is 2.88 bits per heavy atom. The van der Waals surface area contributed by atoms with E-state index in [4.69, 9.17) is 16.3 Å². The van der Waals surface area contributed by atoms with E-state index in [1.165, 1.54) is 0 Å². The molecule has 90 valence electrons. The monoisotopic (exact) mass is 332 g/mol. The third-order valence-electron chi connectivity index (χ3n) is 2.17. The molecule has 6 heteroatoms. The standard InChI is InChI=1S/C11H10BrClN2OS/c1-16-9-3-2-7(6-8(9)12)11-15-14-10(17-11)4-5-13/h2-3,6H,4-5H2,1H3. The van der Waals surface area contributed by atoms with Crippen molar-refractivity contribution in [3.8, 4) is 16.3 Å². The average Bonchev–Trinajstić information content (AvgIpc) is 2.78. The van der Waals surface area contributed by atoms with Gasteiger partial charge in [-0.1, -0.05) is 11.3 Å². The molecule has 3 nitrogen and oxygen atoms in total. The number of alkyl halides is 1. The van der Waals surface area contributed by atoms with Crippen LogP contribution in [0.2, 0.25) is 0 Å². The summed E-state index contributed by atoms with van der Waals surface area (Å²) in [6.07, 6.45) is 0.760. The van der Waals surface area contributed by atoms with Gasteiger partial charge in [-0.05, 0) is 34.1 Å². The minimum absolute atomic E-state index is 0.570. The minimum Gasteiger partial charge on any atom is -0.496 e. The van der Waals surface area contributed by atoms with Crippen LogP contribution >= 0.6 is 38.9 Å². The fourth-order valence-electron chi connectivity index (χ4n) is 1.35. The van der Waals surface area contributed by atoms with Crippen molar-refractivity contribution in [2.45, 2.75) is 6.42 Å². The quantitative estimate of drug-likeness (QED) is 0.799. The summed E-state index contributed by atoms with van der Waals surface area (Å²) in [5, 5.41) is 10.1. The van der Waals surface area contributed by atoms with Gasteiger partial charge in [0.1, 0.15) is 15.8 Å². The lowest BCUT2D eigenvalue weighted by Crippen LogP contribution is -1.85. The van der Waals surface area contributed by atoms with Crippen molar-refractivity contribution in [1.82, 2.24) is 10.2 Å². The predicted molar refractivity (Wildman–Crippen MR) is 74.0 cm³/mol. The molecule has 0 aliphatic rings. The number of aryl methyl sites for hydroxylation is 1. The highest BCUT2D eigenvalue weighted by Gasteiger charge is 2.08. The maximum Gasteiger partial charge on any atom is 0.147 e. The van der Waals surface area contributed by atoms with E-state index < -0.39 is 0 Å². The van der Waals surface area contributed by atoms with Crippen molar-refractivity contribution in [1.29, 1.82) is 0 Å². The van der Waals surface area contributed by atoms with E-state index in [0.29, 0.717) is 5.88 Å². The molecule has 1 heterocycles. The summed E-state index contributed by atoms with van der Waals surface area (Å²) in [7, 11) is 1.64. The van der Waals surface area contributed by atoms with E-state index in [1.807, 2.05) is 18.2 Å². The Bertz CT molecular complexity index is 518. The van der Waals surface area contributed by atoms with Gasteiger partial charge in [0.25, 0.3) is 0 Å². The van der Waals surface area contributed by atoms with Crippen molar-refractivity contribution in [2.24, 2.45) is 0 Å². The van der Waals surface area contributed by atoms with E-state index in [-0.39, 0.29) is 0 Å². The van der Waals surface area contributed by atoms with Crippen LogP contribution in [0, 0.1) is 0 Å². The molecule has 0 aliphatic carbocycles. The van der Waals surface area contributed by atoms with Gasteiger partial charge in [0.15, 0.2) is 0 Å². The van der Waals surface area contributed by atoms with Gasteiger partial charge in [-0.2, -0.15) is 0 Å². The molecule has 0 amide bonds. The normalized spacial score (nSPS) is 10.5. The molecule has 0 atom stereocenters.